The summed E-state index contributed by atoms with van der Waals surface area (Å²) in [7, 11) is 0. The molecule has 1 amide bonds. The van der Waals surface area contributed by atoms with Gasteiger partial charge in [-0.05, 0) is 34.7 Å². The van der Waals surface area contributed by atoms with E-state index in [1.165, 1.54) is 18.3 Å². The molecule has 4 rings (SSSR count). The standard InChI is InChI=1S/C22H23FN4O2/c23-17-3-1-2-15(12-17)16-4-5-18-19(13-16)21(24)26-14-20(18)22(28)25-6-7-27-8-10-29-11-9-27/h1-5,12-14H,6-11H2,(H2,24,26)(H,25,28). The Kier molecular flexibility index (Phi) is 5.69. The van der Waals surface area contributed by atoms with Gasteiger partial charge in [0.05, 0.1) is 18.8 Å². The van der Waals surface area contributed by atoms with Gasteiger partial charge in [0.1, 0.15) is 11.6 Å². The monoisotopic (exact) mass is 394 g/mol. The van der Waals surface area contributed by atoms with Gasteiger partial charge < -0.3 is 15.8 Å². The molecular weight excluding hydrogens is 371 g/mol. The first kappa shape index (κ1) is 19.3. The molecule has 150 valence electrons. The first-order valence-electron chi connectivity index (χ1n) is 9.64. The molecule has 0 saturated carbocycles. The molecule has 1 aliphatic heterocycles. The van der Waals surface area contributed by atoms with E-state index in [1.807, 2.05) is 24.3 Å². The van der Waals surface area contributed by atoms with Crippen LogP contribution in [0.5, 0.6) is 0 Å². The van der Waals surface area contributed by atoms with Gasteiger partial charge in [-0.1, -0.05) is 24.3 Å². The predicted molar refractivity (Wildman–Crippen MR) is 111 cm³/mol. The molecule has 0 bridgehead atoms. The second kappa shape index (κ2) is 8.55. The molecule has 29 heavy (non-hydrogen) atoms. The molecule has 6 nitrogen and oxygen atoms in total. The van der Waals surface area contributed by atoms with E-state index in [0.29, 0.717) is 23.3 Å². The van der Waals surface area contributed by atoms with Gasteiger partial charge in [-0.2, -0.15) is 0 Å². The topological polar surface area (TPSA) is 80.5 Å². The number of rotatable bonds is 5. The van der Waals surface area contributed by atoms with Crippen molar-refractivity contribution in [1.29, 1.82) is 0 Å². The lowest BCUT2D eigenvalue weighted by Crippen LogP contribution is -2.41. The Morgan fingerprint density at radius 3 is 2.72 bits per heavy atom. The van der Waals surface area contributed by atoms with Crippen LogP contribution in [0.4, 0.5) is 10.2 Å². The minimum atomic E-state index is -0.304. The Hall–Kier alpha value is -3.03. The molecule has 0 aliphatic carbocycles. The summed E-state index contributed by atoms with van der Waals surface area (Å²) in [5, 5.41) is 4.36. The number of hydrogen-bond donors (Lipinski definition) is 2. The van der Waals surface area contributed by atoms with Gasteiger partial charge in [-0.15, -0.1) is 0 Å². The predicted octanol–water partition coefficient (Wildman–Crippen LogP) is 2.69. The molecule has 3 aromatic rings. The molecule has 1 fully saturated rings. The summed E-state index contributed by atoms with van der Waals surface area (Å²) < 4.78 is 18.9. The molecule has 0 spiro atoms. The zero-order valence-electron chi connectivity index (χ0n) is 16.0. The lowest BCUT2D eigenvalue weighted by atomic mass is 9.99. The van der Waals surface area contributed by atoms with Gasteiger partial charge in [-0.25, -0.2) is 9.37 Å². The van der Waals surface area contributed by atoms with Crippen LogP contribution >= 0.6 is 0 Å². The average molecular weight is 394 g/mol. The quantitative estimate of drug-likeness (QED) is 0.696. The number of ether oxygens (including phenoxy) is 1. The molecule has 2 heterocycles. The molecule has 1 saturated heterocycles. The highest BCUT2D eigenvalue weighted by molar-refractivity contribution is 6.09. The number of hydrogen-bond acceptors (Lipinski definition) is 5. The summed E-state index contributed by atoms with van der Waals surface area (Å²) in [6, 6.07) is 11.9. The Labute approximate surface area is 168 Å². The minimum Gasteiger partial charge on any atom is -0.383 e. The number of anilines is 1. The van der Waals surface area contributed by atoms with E-state index in [2.05, 4.69) is 15.2 Å². The maximum absolute atomic E-state index is 13.6. The van der Waals surface area contributed by atoms with Crippen LogP contribution in [0, 0.1) is 5.82 Å². The van der Waals surface area contributed by atoms with Gasteiger partial charge in [0.15, 0.2) is 0 Å². The second-order valence-electron chi connectivity index (χ2n) is 7.04. The van der Waals surface area contributed by atoms with Crippen molar-refractivity contribution in [1.82, 2.24) is 15.2 Å². The van der Waals surface area contributed by atoms with Crippen molar-refractivity contribution < 1.29 is 13.9 Å². The third-order valence-corrected chi connectivity index (χ3v) is 5.14. The summed E-state index contributed by atoms with van der Waals surface area (Å²) >= 11 is 0. The summed E-state index contributed by atoms with van der Waals surface area (Å²) in [6.45, 7) is 4.55. The van der Waals surface area contributed by atoms with Gasteiger partial charge in [0.2, 0.25) is 0 Å². The summed E-state index contributed by atoms with van der Waals surface area (Å²) in [5.41, 5.74) is 8.10. The van der Waals surface area contributed by atoms with Crippen LogP contribution in [0.15, 0.2) is 48.7 Å². The highest BCUT2D eigenvalue weighted by atomic mass is 19.1. The number of carbonyl (C=O) groups excluding carboxylic acids is 1. The number of nitrogen functional groups attached to an aromatic ring is 1. The van der Waals surface area contributed by atoms with Crippen molar-refractivity contribution in [2.24, 2.45) is 0 Å². The maximum Gasteiger partial charge on any atom is 0.253 e. The van der Waals surface area contributed by atoms with Crippen molar-refractivity contribution in [3.63, 3.8) is 0 Å². The number of morpholine rings is 1. The van der Waals surface area contributed by atoms with Gasteiger partial charge in [0, 0.05) is 37.8 Å². The zero-order valence-corrected chi connectivity index (χ0v) is 16.0. The molecule has 0 atom stereocenters. The number of halogens is 1. The molecule has 1 aromatic heterocycles. The van der Waals surface area contributed by atoms with E-state index in [4.69, 9.17) is 10.5 Å². The molecular formula is C22H23FN4O2. The number of benzene rings is 2. The largest absolute Gasteiger partial charge is 0.383 e. The fraction of sp³-hybridized carbons (Fsp3) is 0.273. The molecule has 0 radical (unpaired) electrons. The summed E-state index contributed by atoms with van der Waals surface area (Å²) in [4.78, 5) is 19.2. The number of fused-ring (bicyclic) bond motifs is 1. The van der Waals surface area contributed by atoms with E-state index in [-0.39, 0.29) is 11.7 Å². The number of pyridine rings is 1. The number of aromatic nitrogens is 1. The van der Waals surface area contributed by atoms with Crippen LogP contribution in [0.25, 0.3) is 21.9 Å². The van der Waals surface area contributed by atoms with Crippen molar-refractivity contribution >= 4 is 22.5 Å². The number of nitrogens with one attached hydrogen (secondary N) is 1. The minimum absolute atomic E-state index is 0.186. The highest BCUT2D eigenvalue weighted by Crippen LogP contribution is 2.29. The van der Waals surface area contributed by atoms with Crippen LogP contribution in [0.3, 0.4) is 0 Å². The third-order valence-electron chi connectivity index (χ3n) is 5.14. The number of amides is 1. The van der Waals surface area contributed by atoms with Crippen LogP contribution < -0.4 is 11.1 Å². The van der Waals surface area contributed by atoms with E-state index >= 15 is 0 Å². The van der Waals surface area contributed by atoms with Crippen LogP contribution in [-0.2, 0) is 4.74 Å². The Morgan fingerprint density at radius 2 is 1.93 bits per heavy atom. The Balaban J connectivity index is 1.55. The maximum atomic E-state index is 13.6. The van der Waals surface area contributed by atoms with Gasteiger partial charge in [0.25, 0.3) is 5.91 Å². The molecule has 2 aromatic carbocycles. The van der Waals surface area contributed by atoms with Crippen LogP contribution in [0.2, 0.25) is 0 Å². The van der Waals surface area contributed by atoms with E-state index < -0.39 is 0 Å². The normalized spacial score (nSPS) is 14.8. The van der Waals surface area contributed by atoms with E-state index in [0.717, 1.165) is 49.4 Å². The van der Waals surface area contributed by atoms with Crippen molar-refractivity contribution in [2.45, 2.75) is 0 Å². The van der Waals surface area contributed by atoms with Crippen LogP contribution in [-0.4, -0.2) is 55.2 Å². The SMILES string of the molecule is Nc1ncc(C(=O)NCCN2CCOCC2)c2ccc(-c3cccc(F)c3)cc12. The fourth-order valence-corrected chi connectivity index (χ4v) is 3.54. The zero-order chi connectivity index (χ0) is 20.2. The van der Waals surface area contributed by atoms with Crippen molar-refractivity contribution in [2.75, 3.05) is 45.1 Å². The Bertz CT molecular complexity index is 1030. The Morgan fingerprint density at radius 1 is 1.14 bits per heavy atom. The molecule has 1 aliphatic rings. The first-order chi connectivity index (χ1) is 14.1. The van der Waals surface area contributed by atoms with Crippen molar-refractivity contribution in [3.8, 4) is 11.1 Å². The third kappa shape index (κ3) is 4.36. The first-order valence-corrected chi connectivity index (χ1v) is 9.64. The smallest absolute Gasteiger partial charge is 0.253 e. The van der Waals surface area contributed by atoms with Gasteiger partial charge in [-0.3, -0.25) is 9.69 Å². The van der Waals surface area contributed by atoms with E-state index in [9.17, 15) is 9.18 Å². The van der Waals surface area contributed by atoms with Crippen molar-refractivity contribution in [3.05, 3.63) is 60.0 Å². The fourth-order valence-electron chi connectivity index (χ4n) is 3.54. The van der Waals surface area contributed by atoms with E-state index in [1.54, 1.807) is 6.07 Å². The summed E-state index contributed by atoms with van der Waals surface area (Å²) in [5.74, 6) is -0.153. The van der Waals surface area contributed by atoms with Gasteiger partial charge >= 0.3 is 0 Å². The second-order valence-corrected chi connectivity index (χ2v) is 7.04. The molecule has 7 heteroatoms. The lowest BCUT2D eigenvalue weighted by molar-refractivity contribution is 0.0383. The lowest BCUT2D eigenvalue weighted by Gasteiger charge is -2.26. The summed E-state index contributed by atoms with van der Waals surface area (Å²) in [6.07, 6.45) is 1.50. The number of nitrogens with zero attached hydrogens (tertiary/aromatic N) is 2. The molecule has 3 N–H and O–H groups in total. The number of nitrogens with two attached hydrogens (primary N) is 1. The molecule has 0 unspecified atom stereocenters. The highest BCUT2D eigenvalue weighted by Gasteiger charge is 2.15. The average Bonchev–Trinajstić information content (AvgIpc) is 2.74. The number of carbonyl (C=O) groups is 1. The van der Waals surface area contributed by atoms with Crippen LogP contribution in [0.1, 0.15) is 10.4 Å².